The van der Waals surface area contributed by atoms with Crippen LogP contribution in [0.15, 0.2) is 25.3 Å². The Labute approximate surface area is 239 Å². The number of hydrogen-bond acceptors (Lipinski definition) is 8. The van der Waals surface area contributed by atoms with Crippen molar-refractivity contribution < 1.29 is 27.9 Å². The van der Waals surface area contributed by atoms with E-state index < -0.39 is 46.0 Å². The molecule has 0 spiro atoms. The van der Waals surface area contributed by atoms with Crippen LogP contribution in [-0.2, 0) is 24.6 Å². The minimum absolute atomic E-state index is 0.0791. The van der Waals surface area contributed by atoms with Crippen molar-refractivity contribution in [2.24, 2.45) is 11.3 Å². The van der Waals surface area contributed by atoms with Crippen molar-refractivity contribution in [2.45, 2.75) is 65.0 Å². The minimum atomic E-state index is -3.65. The van der Waals surface area contributed by atoms with Gasteiger partial charge in [-0.1, -0.05) is 39.8 Å². The maximum absolute atomic E-state index is 13.1. The van der Waals surface area contributed by atoms with Crippen LogP contribution in [0.25, 0.3) is 0 Å². The lowest BCUT2D eigenvalue weighted by atomic mass is 9.86. The molecule has 1 aliphatic rings. The summed E-state index contributed by atoms with van der Waals surface area (Å²) in [6.07, 6.45) is 2.86. The van der Waals surface area contributed by atoms with Crippen LogP contribution in [0.2, 0.25) is 0 Å². The van der Waals surface area contributed by atoms with Gasteiger partial charge in [0.15, 0.2) is 6.35 Å². The standard InChI is InChI=1S/C26H49N7O6S/c1-10-14-27-24(36)22(18(3)11-2)30-23(35)19-13-12-15-33(19)21(34)16-28-25(37)29-20(26(4,5)6)17-32(9)40(38,39)31(7)8/h10-11,18-20,22,25,28-29,37H,1-2,12-17H2,3-9H3,(H,27,36)(H,30,35)/t18?,19-,20?,22+,25?/m0/s1. The molecule has 1 rings (SSSR count). The van der Waals surface area contributed by atoms with Crippen LogP contribution in [0, 0.1) is 11.3 Å². The number of aliphatic hydroxyl groups excluding tert-OH is 1. The third-order valence-corrected chi connectivity index (χ3v) is 8.78. The summed E-state index contributed by atoms with van der Waals surface area (Å²) in [5.74, 6) is -1.54. The van der Waals surface area contributed by atoms with E-state index in [-0.39, 0.29) is 37.4 Å². The summed E-state index contributed by atoms with van der Waals surface area (Å²) < 4.78 is 27.2. The van der Waals surface area contributed by atoms with Gasteiger partial charge in [0.25, 0.3) is 10.2 Å². The van der Waals surface area contributed by atoms with Gasteiger partial charge in [-0.05, 0) is 18.3 Å². The summed E-state index contributed by atoms with van der Waals surface area (Å²) in [6.45, 7) is 15.2. The van der Waals surface area contributed by atoms with Crippen molar-refractivity contribution in [1.82, 2.24) is 34.8 Å². The molecule has 230 valence electrons. The lowest BCUT2D eigenvalue weighted by Gasteiger charge is -2.36. The van der Waals surface area contributed by atoms with E-state index in [1.54, 1.807) is 13.0 Å². The molecule has 5 N–H and O–H groups in total. The highest BCUT2D eigenvalue weighted by atomic mass is 32.2. The molecule has 14 heteroatoms. The number of likely N-dealkylation sites (N-methyl/N-ethyl adjacent to an activating group) is 1. The van der Waals surface area contributed by atoms with Crippen molar-refractivity contribution in [2.75, 3.05) is 47.3 Å². The summed E-state index contributed by atoms with van der Waals surface area (Å²) in [7, 11) is 0.688. The lowest BCUT2D eigenvalue weighted by molar-refractivity contribution is -0.139. The van der Waals surface area contributed by atoms with Gasteiger partial charge in [0.05, 0.1) is 6.54 Å². The fourth-order valence-corrected chi connectivity index (χ4v) is 5.08. The van der Waals surface area contributed by atoms with Gasteiger partial charge in [-0.15, -0.1) is 13.2 Å². The molecule has 0 radical (unpaired) electrons. The molecule has 0 aromatic rings. The number of rotatable bonds is 16. The van der Waals surface area contributed by atoms with Crippen molar-refractivity contribution in [1.29, 1.82) is 0 Å². The molecule has 1 heterocycles. The average molecular weight is 588 g/mol. The molecule has 5 atom stereocenters. The molecule has 1 aliphatic heterocycles. The second-order valence-corrected chi connectivity index (χ2v) is 13.5. The fourth-order valence-electron chi connectivity index (χ4n) is 4.18. The summed E-state index contributed by atoms with van der Waals surface area (Å²) in [5.41, 5.74) is -0.433. The monoisotopic (exact) mass is 587 g/mol. The zero-order chi connectivity index (χ0) is 30.8. The molecule has 0 aliphatic carbocycles. The molecule has 40 heavy (non-hydrogen) atoms. The summed E-state index contributed by atoms with van der Waals surface area (Å²) in [5, 5.41) is 21.7. The molecule has 0 aromatic carbocycles. The van der Waals surface area contributed by atoms with Crippen LogP contribution in [0.1, 0.15) is 40.5 Å². The van der Waals surface area contributed by atoms with Gasteiger partial charge in [0.1, 0.15) is 12.1 Å². The lowest BCUT2D eigenvalue weighted by Crippen LogP contribution is -2.58. The SMILES string of the molecule is C=CCNC(=O)[C@H](NC(=O)[C@@H]1CCCN1C(=O)CNC(O)NC(CN(C)S(=O)(=O)N(C)C)C(C)(C)C)C(C)C=C. The quantitative estimate of drug-likeness (QED) is 0.116. The van der Waals surface area contributed by atoms with E-state index in [2.05, 4.69) is 34.4 Å². The zero-order valence-corrected chi connectivity index (χ0v) is 25.8. The molecule has 1 saturated heterocycles. The molecule has 0 bridgehead atoms. The number of aliphatic hydroxyl groups is 1. The van der Waals surface area contributed by atoms with Crippen LogP contribution < -0.4 is 21.3 Å². The highest BCUT2D eigenvalue weighted by molar-refractivity contribution is 7.86. The average Bonchev–Trinajstić information content (AvgIpc) is 3.37. The van der Waals surface area contributed by atoms with Gasteiger partial charge >= 0.3 is 0 Å². The normalized spacial score (nSPS) is 19.1. The van der Waals surface area contributed by atoms with Gasteiger partial charge < -0.3 is 20.6 Å². The van der Waals surface area contributed by atoms with Gasteiger partial charge in [0, 0.05) is 52.7 Å². The van der Waals surface area contributed by atoms with Gasteiger partial charge in [0.2, 0.25) is 17.7 Å². The van der Waals surface area contributed by atoms with Crippen molar-refractivity contribution in [3.63, 3.8) is 0 Å². The first-order valence-corrected chi connectivity index (χ1v) is 14.8. The highest BCUT2D eigenvalue weighted by Gasteiger charge is 2.37. The number of nitrogens with one attached hydrogen (secondary N) is 4. The minimum Gasteiger partial charge on any atom is -0.365 e. The molecule has 3 unspecified atom stereocenters. The van der Waals surface area contributed by atoms with Crippen LogP contribution in [0.3, 0.4) is 0 Å². The maximum Gasteiger partial charge on any atom is 0.281 e. The van der Waals surface area contributed by atoms with E-state index in [4.69, 9.17) is 0 Å². The molecular weight excluding hydrogens is 538 g/mol. The van der Waals surface area contributed by atoms with E-state index in [9.17, 15) is 27.9 Å². The number of carbonyl (C=O) groups is 3. The van der Waals surface area contributed by atoms with Crippen molar-refractivity contribution >= 4 is 27.9 Å². The van der Waals surface area contributed by atoms with Crippen LogP contribution in [-0.4, -0.2) is 117 Å². The van der Waals surface area contributed by atoms with Crippen molar-refractivity contribution in [3.8, 4) is 0 Å². The Morgan fingerprint density at radius 1 is 1.18 bits per heavy atom. The van der Waals surface area contributed by atoms with Gasteiger partial charge in [-0.3, -0.25) is 25.0 Å². The predicted molar refractivity (Wildman–Crippen MR) is 155 cm³/mol. The summed E-state index contributed by atoms with van der Waals surface area (Å²) >= 11 is 0. The topological polar surface area (TPSA) is 163 Å². The molecule has 13 nitrogen and oxygen atoms in total. The van der Waals surface area contributed by atoms with E-state index >= 15 is 0 Å². The van der Waals surface area contributed by atoms with Crippen LogP contribution in [0.4, 0.5) is 0 Å². The molecule has 3 amide bonds. The second kappa shape index (κ2) is 15.6. The Balaban J connectivity index is 2.82. The first-order valence-electron chi connectivity index (χ1n) is 13.4. The van der Waals surface area contributed by atoms with Gasteiger partial charge in [-0.25, -0.2) is 0 Å². The summed E-state index contributed by atoms with van der Waals surface area (Å²) in [6, 6.07) is -2.07. The number of carbonyl (C=O) groups excluding carboxylic acids is 3. The smallest absolute Gasteiger partial charge is 0.281 e. The van der Waals surface area contributed by atoms with E-state index in [0.717, 1.165) is 4.31 Å². The largest absolute Gasteiger partial charge is 0.365 e. The van der Waals surface area contributed by atoms with Crippen LogP contribution in [0.5, 0.6) is 0 Å². The van der Waals surface area contributed by atoms with Crippen molar-refractivity contribution in [3.05, 3.63) is 25.3 Å². The number of hydrogen-bond donors (Lipinski definition) is 5. The fraction of sp³-hybridized carbons (Fsp3) is 0.731. The van der Waals surface area contributed by atoms with E-state index in [1.165, 1.54) is 36.4 Å². The Morgan fingerprint density at radius 2 is 1.80 bits per heavy atom. The third-order valence-electron chi connectivity index (χ3n) is 6.92. The third kappa shape index (κ3) is 10.2. The molecule has 0 saturated carbocycles. The Morgan fingerprint density at radius 3 is 2.33 bits per heavy atom. The number of amides is 3. The molecular formula is C26H49N7O6S. The Kier molecular flexibility index (Phi) is 13.9. The first-order chi connectivity index (χ1) is 18.5. The molecule has 0 aromatic heterocycles. The maximum atomic E-state index is 13.1. The number of likely N-dealkylation sites (tertiary alicyclic amines) is 1. The van der Waals surface area contributed by atoms with Crippen LogP contribution >= 0.6 is 0 Å². The van der Waals surface area contributed by atoms with E-state index in [1.807, 2.05) is 20.8 Å². The number of nitrogens with zero attached hydrogens (tertiary/aromatic N) is 3. The predicted octanol–water partition coefficient (Wildman–Crippen LogP) is -0.805. The van der Waals surface area contributed by atoms with Gasteiger partial charge in [-0.2, -0.15) is 17.0 Å². The zero-order valence-electron chi connectivity index (χ0n) is 24.9. The molecule has 1 fully saturated rings. The van der Waals surface area contributed by atoms with E-state index in [0.29, 0.717) is 19.4 Å². The highest BCUT2D eigenvalue weighted by Crippen LogP contribution is 2.22. The first kappa shape index (κ1) is 35.7. The summed E-state index contributed by atoms with van der Waals surface area (Å²) in [4.78, 5) is 40.2. The Hall–Kier alpha value is -2.36. The Bertz CT molecular complexity index is 998. The second-order valence-electron chi connectivity index (χ2n) is 11.3.